The molecule has 4 heteroatoms. The molecule has 1 aromatic carbocycles. The predicted molar refractivity (Wildman–Crippen MR) is 74.7 cm³/mol. The fourth-order valence-electron chi connectivity index (χ4n) is 1.63. The Bertz CT molecular complexity index is 378. The van der Waals surface area contributed by atoms with Crippen molar-refractivity contribution in [1.82, 2.24) is 0 Å². The van der Waals surface area contributed by atoms with Crippen molar-refractivity contribution >= 4 is 24.0 Å². The molecular weight excluding hydrogens is 236 g/mol. The maximum atomic E-state index is 11.4. The molecule has 1 aromatic rings. The summed E-state index contributed by atoms with van der Waals surface area (Å²) in [6.07, 6.45) is 2.00. The zero-order chi connectivity index (χ0) is 12.1. The number of aryl methyl sites for hydroxylation is 2. The molecule has 0 saturated carbocycles. The molecule has 0 saturated heterocycles. The van der Waals surface area contributed by atoms with Crippen molar-refractivity contribution in [3.63, 3.8) is 0 Å². The van der Waals surface area contributed by atoms with Gasteiger partial charge in [-0.1, -0.05) is 19.9 Å². The van der Waals surface area contributed by atoms with E-state index in [1.807, 2.05) is 12.1 Å². The summed E-state index contributed by atoms with van der Waals surface area (Å²) in [5, 5.41) is 2.80. The van der Waals surface area contributed by atoms with E-state index in [4.69, 9.17) is 5.73 Å². The van der Waals surface area contributed by atoms with Gasteiger partial charge in [-0.15, -0.1) is 12.4 Å². The van der Waals surface area contributed by atoms with Gasteiger partial charge in [0.25, 0.3) is 0 Å². The Balaban J connectivity index is 0.00000256. The van der Waals surface area contributed by atoms with Gasteiger partial charge in [0.15, 0.2) is 0 Å². The van der Waals surface area contributed by atoms with E-state index in [0.29, 0.717) is 0 Å². The third-order valence-electron chi connectivity index (χ3n) is 2.65. The van der Waals surface area contributed by atoms with Crippen molar-refractivity contribution in [1.29, 1.82) is 0 Å². The monoisotopic (exact) mass is 256 g/mol. The molecule has 1 atom stereocenters. The smallest absolute Gasteiger partial charge is 0.240 e. The molecule has 96 valence electrons. The minimum atomic E-state index is -0.476. The van der Waals surface area contributed by atoms with Crippen LogP contribution in [0.25, 0.3) is 0 Å². The van der Waals surface area contributed by atoms with Crippen molar-refractivity contribution in [3.05, 3.63) is 29.3 Å². The first-order valence-corrected chi connectivity index (χ1v) is 5.76. The van der Waals surface area contributed by atoms with Crippen LogP contribution in [-0.2, 0) is 17.6 Å². The van der Waals surface area contributed by atoms with Gasteiger partial charge in [-0.2, -0.15) is 0 Å². The van der Waals surface area contributed by atoms with Crippen LogP contribution in [0.4, 0.5) is 5.69 Å². The summed E-state index contributed by atoms with van der Waals surface area (Å²) in [6.45, 7) is 5.93. The van der Waals surface area contributed by atoms with Gasteiger partial charge in [-0.05, 0) is 43.0 Å². The molecule has 0 bridgehead atoms. The maximum absolute atomic E-state index is 11.4. The molecule has 17 heavy (non-hydrogen) atoms. The van der Waals surface area contributed by atoms with Gasteiger partial charge in [0.1, 0.15) is 0 Å². The lowest BCUT2D eigenvalue weighted by atomic mass is 10.0. The highest BCUT2D eigenvalue weighted by Crippen LogP contribution is 2.17. The molecule has 0 aliphatic carbocycles. The number of benzene rings is 1. The second-order valence-corrected chi connectivity index (χ2v) is 3.97. The van der Waals surface area contributed by atoms with Crippen LogP contribution >= 0.6 is 12.4 Å². The molecule has 0 fully saturated rings. The highest BCUT2D eigenvalue weighted by atomic mass is 35.5. The van der Waals surface area contributed by atoms with Gasteiger partial charge in [-0.25, -0.2) is 0 Å². The van der Waals surface area contributed by atoms with Crippen LogP contribution < -0.4 is 11.1 Å². The molecule has 0 heterocycles. The fourth-order valence-corrected chi connectivity index (χ4v) is 1.63. The minimum absolute atomic E-state index is 0. The Morgan fingerprint density at radius 2 is 1.88 bits per heavy atom. The van der Waals surface area contributed by atoms with E-state index in [0.717, 1.165) is 18.5 Å². The third kappa shape index (κ3) is 4.36. The highest BCUT2D eigenvalue weighted by Gasteiger charge is 2.08. The normalized spacial score (nSPS) is 11.5. The predicted octanol–water partition coefficient (Wildman–Crippen LogP) is 2.52. The summed E-state index contributed by atoms with van der Waals surface area (Å²) < 4.78 is 0. The quantitative estimate of drug-likeness (QED) is 0.870. The van der Waals surface area contributed by atoms with Crippen LogP contribution in [0.2, 0.25) is 0 Å². The van der Waals surface area contributed by atoms with Gasteiger partial charge < -0.3 is 11.1 Å². The Morgan fingerprint density at radius 3 is 2.35 bits per heavy atom. The number of rotatable bonds is 4. The number of carbonyl (C=O) groups is 1. The minimum Gasteiger partial charge on any atom is -0.325 e. The second-order valence-electron chi connectivity index (χ2n) is 3.97. The van der Waals surface area contributed by atoms with E-state index in [2.05, 4.69) is 25.2 Å². The Kier molecular flexibility index (Phi) is 6.85. The molecule has 1 amide bonds. The van der Waals surface area contributed by atoms with Crippen LogP contribution in [0.1, 0.15) is 31.9 Å². The molecule has 0 aliphatic heterocycles. The van der Waals surface area contributed by atoms with Gasteiger partial charge in [0.05, 0.1) is 6.04 Å². The van der Waals surface area contributed by atoms with Crippen molar-refractivity contribution < 1.29 is 4.79 Å². The number of nitrogens with one attached hydrogen (secondary N) is 1. The molecule has 3 nitrogen and oxygen atoms in total. The molecule has 1 unspecified atom stereocenters. The van der Waals surface area contributed by atoms with Gasteiger partial charge in [-0.3, -0.25) is 4.79 Å². The average Bonchev–Trinajstić information content (AvgIpc) is 2.28. The summed E-state index contributed by atoms with van der Waals surface area (Å²) in [6, 6.07) is 5.54. The lowest BCUT2D eigenvalue weighted by Crippen LogP contribution is -2.32. The van der Waals surface area contributed by atoms with Gasteiger partial charge in [0.2, 0.25) is 5.91 Å². The Labute approximate surface area is 109 Å². The van der Waals surface area contributed by atoms with Crippen molar-refractivity contribution in [3.8, 4) is 0 Å². The number of hydrogen-bond donors (Lipinski definition) is 2. The first-order chi connectivity index (χ1) is 7.58. The maximum Gasteiger partial charge on any atom is 0.240 e. The molecule has 0 aliphatic rings. The van der Waals surface area contributed by atoms with Crippen LogP contribution in [0.3, 0.4) is 0 Å². The zero-order valence-electron chi connectivity index (χ0n) is 10.6. The van der Waals surface area contributed by atoms with Crippen molar-refractivity contribution in [2.45, 2.75) is 39.7 Å². The first kappa shape index (κ1) is 15.9. The Morgan fingerprint density at radius 1 is 1.29 bits per heavy atom. The van der Waals surface area contributed by atoms with Crippen molar-refractivity contribution in [2.75, 3.05) is 5.32 Å². The lowest BCUT2D eigenvalue weighted by Gasteiger charge is -2.11. The fraction of sp³-hybridized carbons (Fsp3) is 0.462. The number of hydrogen-bond acceptors (Lipinski definition) is 2. The van der Waals surface area contributed by atoms with Crippen LogP contribution in [-0.4, -0.2) is 11.9 Å². The summed E-state index contributed by atoms with van der Waals surface area (Å²) in [7, 11) is 0. The van der Waals surface area contributed by atoms with E-state index < -0.39 is 6.04 Å². The molecule has 1 rings (SSSR count). The number of carbonyl (C=O) groups excluding carboxylic acids is 1. The molecule has 0 radical (unpaired) electrons. The first-order valence-electron chi connectivity index (χ1n) is 5.76. The Hall–Kier alpha value is -1.06. The topological polar surface area (TPSA) is 55.1 Å². The van der Waals surface area contributed by atoms with Gasteiger partial charge >= 0.3 is 0 Å². The zero-order valence-corrected chi connectivity index (χ0v) is 11.4. The highest BCUT2D eigenvalue weighted by molar-refractivity contribution is 5.94. The standard InChI is InChI=1S/C13H20N2O.ClH/c1-4-10-6-7-12(8-11(10)5-2)15-13(16)9(3)14;/h6-9H,4-5,14H2,1-3H3,(H,15,16);1H. The third-order valence-corrected chi connectivity index (χ3v) is 2.65. The summed E-state index contributed by atoms with van der Waals surface area (Å²) >= 11 is 0. The summed E-state index contributed by atoms with van der Waals surface area (Å²) in [4.78, 5) is 11.4. The number of halogens is 1. The lowest BCUT2D eigenvalue weighted by molar-refractivity contribution is -0.117. The molecular formula is C13H21ClN2O. The number of anilines is 1. The summed E-state index contributed by atoms with van der Waals surface area (Å²) in [5.41, 5.74) is 8.95. The van der Waals surface area contributed by atoms with Gasteiger partial charge in [0, 0.05) is 5.69 Å². The van der Waals surface area contributed by atoms with Crippen LogP contribution in [0, 0.1) is 0 Å². The van der Waals surface area contributed by atoms with E-state index in [1.54, 1.807) is 6.92 Å². The van der Waals surface area contributed by atoms with Crippen molar-refractivity contribution in [2.24, 2.45) is 5.73 Å². The molecule has 0 aromatic heterocycles. The average molecular weight is 257 g/mol. The number of nitrogens with two attached hydrogens (primary N) is 1. The largest absolute Gasteiger partial charge is 0.325 e. The molecule has 3 N–H and O–H groups in total. The van der Waals surface area contributed by atoms with Crippen LogP contribution in [0.15, 0.2) is 18.2 Å². The SMILES string of the molecule is CCc1ccc(NC(=O)C(C)N)cc1CC.Cl. The van der Waals surface area contributed by atoms with E-state index in [1.165, 1.54) is 11.1 Å². The van der Waals surface area contributed by atoms with E-state index >= 15 is 0 Å². The van der Waals surface area contributed by atoms with Crippen LogP contribution in [0.5, 0.6) is 0 Å². The molecule has 0 spiro atoms. The van der Waals surface area contributed by atoms with E-state index in [-0.39, 0.29) is 18.3 Å². The number of amides is 1. The summed E-state index contributed by atoms with van der Waals surface area (Å²) in [5.74, 6) is -0.147. The second kappa shape index (κ2) is 7.30. The van der Waals surface area contributed by atoms with E-state index in [9.17, 15) is 4.79 Å².